The first kappa shape index (κ1) is 22.9. The Morgan fingerprint density at radius 1 is 1.30 bits per heavy atom. The number of pyridine rings is 1. The number of aromatic nitrogens is 3. The summed E-state index contributed by atoms with van der Waals surface area (Å²) in [6.07, 6.45) is 2.48. The number of nitrogens with zero attached hydrogens (tertiary/aromatic N) is 3. The highest BCUT2D eigenvalue weighted by Crippen LogP contribution is 2.23. The van der Waals surface area contributed by atoms with E-state index in [1.165, 1.54) is 25.6 Å². The maximum atomic E-state index is 13.8. The zero-order valence-electron chi connectivity index (χ0n) is 17.5. The zero-order valence-corrected chi connectivity index (χ0v) is 18.4. The molecule has 9 nitrogen and oxygen atoms in total. The summed E-state index contributed by atoms with van der Waals surface area (Å²) in [5.41, 5.74) is 0.527. The molecule has 1 amide bonds. The number of fused-ring (bicyclic) bond motifs is 1. The third kappa shape index (κ3) is 5.57. The smallest absolute Gasteiger partial charge is 0.339 e. The van der Waals surface area contributed by atoms with Gasteiger partial charge in [0.2, 0.25) is 5.91 Å². The molecular formula is C21H20F2N4O5S. The molecule has 0 bridgehead atoms. The number of nitrogens with one attached hydrogen (secondary N) is 1. The normalized spacial score (nSPS) is 16.1. The molecule has 1 fully saturated rings. The SMILES string of the molecule is COC(=O)c1cncc(OCC2CN(C(=O)CSc3nc4c(F)cc(F)cc4[nH]3)CCO2)c1. The van der Waals surface area contributed by atoms with Gasteiger partial charge in [-0.2, -0.15) is 0 Å². The van der Waals surface area contributed by atoms with Crippen LogP contribution in [-0.4, -0.2) is 77.0 Å². The number of ether oxygens (including phenoxy) is 3. The number of morpholine rings is 1. The van der Waals surface area contributed by atoms with E-state index in [0.29, 0.717) is 30.6 Å². The lowest BCUT2D eigenvalue weighted by molar-refractivity contribution is -0.137. The molecule has 0 saturated carbocycles. The van der Waals surface area contributed by atoms with Crippen LogP contribution in [0, 0.1) is 11.6 Å². The largest absolute Gasteiger partial charge is 0.489 e. The number of benzene rings is 1. The number of H-pyrrole nitrogens is 1. The molecular weight excluding hydrogens is 458 g/mol. The van der Waals surface area contributed by atoms with E-state index in [1.54, 1.807) is 4.90 Å². The number of hydrogen-bond donors (Lipinski definition) is 1. The van der Waals surface area contributed by atoms with Gasteiger partial charge < -0.3 is 24.1 Å². The van der Waals surface area contributed by atoms with Crippen LogP contribution >= 0.6 is 11.8 Å². The Hall–Kier alpha value is -3.25. The number of carbonyl (C=O) groups is 2. The van der Waals surface area contributed by atoms with E-state index in [4.69, 9.17) is 9.47 Å². The fraction of sp³-hybridized carbons (Fsp3) is 0.333. The third-order valence-electron chi connectivity index (χ3n) is 4.88. The second kappa shape index (κ2) is 10.1. The summed E-state index contributed by atoms with van der Waals surface area (Å²) in [7, 11) is 1.28. The van der Waals surface area contributed by atoms with Gasteiger partial charge in [-0.1, -0.05) is 11.8 Å². The molecule has 0 spiro atoms. The fourth-order valence-corrected chi connectivity index (χ4v) is 4.05. The second-order valence-electron chi connectivity index (χ2n) is 7.16. The zero-order chi connectivity index (χ0) is 23.4. The quantitative estimate of drug-likeness (QED) is 0.408. The second-order valence-corrected chi connectivity index (χ2v) is 8.12. The van der Waals surface area contributed by atoms with Gasteiger partial charge in [-0.15, -0.1) is 0 Å². The van der Waals surface area contributed by atoms with E-state index < -0.39 is 17.6 Å². The lowest BCUT2D eigenvalue weighted by Gasteiger charge is -2.32. The summed E-state index contributed by atoms with van der Waals surface area (Å²) in [6, 6.07) is 3.43. The first-order valence-electron chi connectivity index (χ1n) is 9.96. The molecule has 2 aromatic heterocycles. The van der Waals surface area contributed by atoms with E-state index in [2.05, 4.69) is 19.7 Å². The van der Waals surface area contributed by atoms with Crippen molar-refractivity contribution in [2.24, 2.45) is 0 Å². The molecule has 0 aliphatic carbocycles. The molecule has 1 unspecified atom stereocenters. The summed E-state index contributed by atoms with van der Waals surface area (Å²) in [5, 5.41) is 0.328. The maximum Gasteiger partial charge on any atom is 0.339 e. The number of carbonyl (C=O) groups excluding carboxylic acids is 2. The average molecular weight is 478 g/mol. The molecule has 1 aliphatic rings. The molecule has 1 atom stereocenters. The highest BCUT2D eigenvalue weighted by atomic mass is 32.2. The summed E-state index contributed by atoms with van der Waals surface area (Å²) in [6.45, 7) is 1.26. The molecule has 1 aliphatic heterocycles. The van der Waals surface area contributed by atoms with Crippen molar-refractivity contribution < 1.29 is 32.6 Å². The van der Waals surface area contributed by atoms with Crippen LogP contribution < -0.4 is 4.74 Å². The van der Waals surface area contributed by atoms with Gasteiger partial charge in [0.15, 0.2) is 11.0 Å². The number of amides is 1. The average Bonchev–Trinajstić information content (AvgIpc) is 3.24. The highest BCUT2D eigenvalue weighted by Gasteiger charge is 2.25. The van der Waals surface area contributed by atoms with E-state index in [1.807, 2.05) is 0 Å². The Morgan fingerprint density at radius 3 is 2.97 bits per heavy atom. The van der Waals surface area contributed by atoms with E-state index in [-0.39, 0.29) is 41.0 Å². The minimum Gasteiger partial charge on any atom is -0.489 e. The molecule has 0 radical (unpaired) electrons. The summed E-state index contributed by atoms with van der Waals surface area (Å²) < 4.78 is 43.2. The van der Waals surface area contributed by atoms with Crippen LogP contribution in [0.3, 0.4) is 0 Å². The molecule has 12 heteroatoms. The van der Waals surface area contributed by atoms with Gasteiger partial charge in [-0.05, 0) is 12.1 Å². The van der Waals surface area contributed by atoms with Crippen molar-refractivity contribution in [3.05, 3.63) is 47.8 Å². The van der Waals surface area contributed by atoms with Gasteiger partial charge in [0.25, 0.3) is 0 Å². The number of rotatable bonds is 7. The fourth-order valence-electron chi connectivity index (χ4n) is 3.27. The number of esters is 1. The Kier molecular flexibility index (Phi) is 7.04. The third-order valence-corrected chi connectivity index (χ3v) is 5.74. The van der Waals surface area contributed by atoms with Crippen molar-refractivity contribution in [2.75, 3.05) is 39.2 Å². The molecule has 1 N–H and O–H groups in total. The monoisotopic (exact) mass is 478 g/mol. The first-order valence-corrected chi connectivity index (χ1v) is 10.9. The van der Waals surface area contributed by atoms with Gasteiger partial charge in [0, 0.05) is 18.8 Å². The Morgan fingerprint density at radius 2 is 2.15 bits per heavy atom. The summed E-state index contributed by atoms with van der Waals surface area (Å²) in [4.78, 5) is 36.8. The van der Waals surface area contributed by atoms with E-state index in [9.17, 15) is 18.4 Å². The Labute approximate surface area is 191 Å². The van der Waals surface area contributed by atoms with Crippen molar-refractivity contribution in [1.82, 2.24) is 19.9 Å². The lowest BCUT2D eigenvalue weighted by atomic mass is 10.2. The van der Waals surface area contributed by atoms with Gasteiger partial charge in [-0.25, -0.2) is 18.6 Å². The number of thioether (sulfide) groups is 1. The Balaban J connectivity index is 1.30. The van der Waals surface area contributed by atoms with Crippen molar-refractivity contribution in [3.8, 4) is 5.75 Å². The minimum atomic E-state index is -0.761. The summed E-state index contributed by atoms with van der Waals surface area (Å²) >= 11 is 1.11. The minimum absolute atomic E-state index is 0.0284. The van der Waals surface area contributed by atoms with Crippen molar-refractivity contribution in [1.29, 1.82) is 0 Å². The molecule has 174 valence electrons. The van der Waals surface area contributed by atoms with Crippen LogP contribution in [-0.2, 0) is 14.3 Å². The highest BCUT2D eigenvalue weighted by molar-refractivity contribution is 7.99. The van der Waals surface area contributed by atoms with Crippen LogP contribution in [0.25, 0.3) is 11.0 Å². The molecule has 3 heterocycles. The van der Waals surface area contributed by atoms with E-state index >= 15 is 0 Å². The first-order chi connectivity index (χ1) is 15.9. The van der Waals surface area contributed by atoms with Gasteiger partial charge in [0.05, 0.1) is 43.3 Å². The summed E-state index contributed by atoms with van der Waals surface area (Å²) in [5.74, 6) is -1.67. The Bertz CT molecular complexity index is 1170. The van der Waals surface area contributed by atoms with Crippen molar-refractivity contribution >= 4 is 34.7 Å². The van der Waals surface area contributed by atoms with Crippen molar-refractivity contribution in [3.63, 3.8) is 0 Å². The molecule has 3 aromatic rings. The van der Waals surface area contributed by atoms with Crippen LogP contribution in [0.1, 0.15) is 10.4 Å². The number of aromatic amines is 1. The predicted molar refractivity (Wildman–Crippen MR) is 114 cm³/mol. The maximum absolute atomic E-state index is 13.8. The molecule has 1 saturated heterocycles. The lowest BCUT2D eigenvalue weighted by Crippen LogP contribution is -2.48. The van der Waals surface area contributed by atoms with Crippen LogP contribution in [0.5, 0.6) is 5.75 Å². The molecule has 33 heavy (non-hydrogen) atoms. The number of hydrogen-bond acceptors (Lipinski definition) is 8. The van der Waals surface area contributed by atoms with Gasteiger partial charge >= 0.3 is 5.97 Å². The standard InChI is InChI=1S/C21H20F2N4O5S/c1-30-20(29)12-4-14(8-24-7-12)32-10-15-9-27(2-3-31-15)18(28)11-33-21-25-17-6-13(22)5-16(23)19(17)26-21/h4-8,15H,2-3,9-11H2,1H3,(H,25,26). The topological polar surface area (TPSA) is 107 Å². The number of methoxy groups -OCH3 is 1. The van der Waals surface area contributed by atoms with Gasteiger partial charge in [-0.3, -0.25) is 9.78 Å². The number of halogens is 2. The molecule has 1 aromatic carbocycles. The molecule has 4 rings (SSSR count). The van der Waals surface area contributed by atoms with Crippen LogP contribution in [0.15, 0.2) is 35.7 Å². The predicted octanol–water partition coefficient (Wildman–Crippen LogP) is 2.42. The van der Waals surface area contributed by atoms with Crippen molar-refractivity contribution in [2.45, 2.75) is 11.3 Å². The van der Waals surface area contributed by atoms with Crippen LogP contribution in [0.2, 0.25) is 0 Å². The van der Waals surface area contributed by atoms with Gasteiger partial charge in [0.1, 0.15) is 29.8 Å². The van der Waals surface area contributed by atoms with Crippen LogP contribution in [0.4, 0.5) is 8.78 Å². The number of imidazole rings is 1. The van der Waals surface area contributed by atoms with E-state index in [0.717, 1.165) is 23.9 Å².